The number of rotatable bonds is 8. The summed E-state index contributed by atoms with van der Waals surface area (Å²) in [7, 11) is 0. The summed E-state index contributed by atoms with van der Waals surface area (Å²) in [6, 6.07) is 23.3. The predicted molar refractivity (Wildman–Crippen MR) is 119 cm³/mol. The van der Waals surface area contributed by atoms with E-state index in [4.69, 9.17) is 4.74 Å². The minimum atomic E-state index is -0.130. The van der Waals surface area contributed by atoms with Crippen LogP contribution in [0.5, 0.6) is 5.75 Å². The van der Waals surface area contributed by atoms with Crippen LogP contribution in [0.2, 0.25) is 0 Å². The summed E-state index contributed by atoms with van der Waals surface area (Å²) < 4.78 is 7.58. The Balaban J connectivity index is 1.36. The van der Waals surface area contributed by atoms with Crippen molar-refractivity contribution in [2.24, 2.45) is 0 Å². The van der Waals surface area contributed by atoms with Gasteiger partial charge in [-0.15, -0.1) is 0 Å². The summed E-state index contributed by atoms with van der Waals surface area (Å²) >= 11 is 0. The molecule has 0 spiro atoms. The highest BCUT2D eigenvalue weighted by Crippen LogP contribution is 2.17. The number of carbonyl (C=O) groups excluding carboxylic acids is 1. The maximum absolute atomic E-state index is 12.8. The van der Waals surface area contributed by atoms with Gasteiger partial charge in [0.15, 0.2) is 0 Å². The van der Waals surface area contributed by atoms with Crippen molar-refractivity contribution in [1.29, 1.82) is 0 Å². The zero-order valence-electron chi connectivity index (χ0n) is 17.4. The van der Waals surface area contributed by atoms with E-state index in [1.54, 1.807) is 12.4 Å². The van der Waals surface area contributed by atoms with E-state index in [1.165, 1.54) is 0 Å². The molecule has 6 heteroatoms. The van der Waals surface area contributed by atoms with Crippen molar-refractivity contribution >= 4 is 5.91 Å². The molecule has 0 fully saturated rings. The van der Waals surface area contributed by atoms with E-state index >= 15 is 0 Å². The minimum absolute atomic E-state index is 0.130. The fourth-order valence-electron chi connectivity index (χ4n) is 3.32. The van der Waals surface area contributed by atoms with Gasteiger partial charge in [0.05, 0.1) is 28.8 Å². The molecule has 4 rings (SSSR count). The molecular weight excluding hydrogens is 388 g/mol. The second-order valence-corrected chi connectivity index (χ2v) is 7.04. The molecule has 1 N–H and O–H groups in total. The normalized spacial score (nSPS) is 10.6. The first-order valence-corrected chi connectivity index (χ1v) is 10.3. The van der Waals surface area contributed by atoms with Gasteiger partial charge >= 0.3 is 0 Å². The molecule has 156 valence electrons. The van der Waals surface area contributed by atoms with Gasteiger partial charge in [-0.05, 0) is 48.4 Å². The Kier molecular flexibility index (Phi) is 6.38. The van der Waals surface area contributed by atoms with Gasteiger partial charge in [-0.1, -0.05) is 43.3 Å². The summed E-state index contributed by atoms with van der Waals surface area (Å²) in [6.45, 7) is 2.87. The van der Waals surface area contributed by atoms with Crippen LogP contribution in [0.25, 0.3) is 5.69 Å². The lowest BCUT2D eigenvalue weighted by atomic mass is 10.1. The minimum Gasteiger partial charge on any atom is -0.487 e. The predicted octanol–water partition coefficient (Wildman–Crippen LogP) is 4.34. The molecule has 31 heavy (non-hydrogen) atoms. The molecule has 0 saturated heterocycles. The molecule has 0 aliphatic carbocycles. The Morgan fingerprint density at radius 2 is 1.77 bits per heavy atom. The Morgan fingerprint density at radius 1 is 1.00 bits per heavy atom. The van der Waals surface area contributed by atoms with Crippen molar-refractivity contribution in [3.63, 3.8) is 0 Å². The quantitative estimate of drug-likeness (QED) is 0.467. The van der Waals surface area contributed by atoms with E-state index in [1.807, 2.05) is 84.4 Å². The Labute approximate surface area is 181 Å². The van der Waals surface area contributed by atoms with Crippen LogP contribution < -0.4 is 10.1 Å². The third kappa shape index (κ3) is 4.98. The largest absolute Gasteiger partial charge is 0.487 e. The van der Waals surface area contributed by atoms with Gasteiger partial charge in [0.25, 0.3) is 5.91 Å². The number of aromatic nitrogens is 3. The van der Waals surface area contributed by atoms with Crippen molar-refractivity contribution in [2.45, 2.75) is 26.5 Å². The van der Waals surface area contributed by atoms with Crippen molar-refractivity contribution in [3.8, 4) is 11.4 Å². The lowest BCUT2D eigenvalue weighted by Crippen LogP contribution is -2.23. The lowest BCUT2D eigenvalue weighted by Gasteiger charge is -2.09. The molecule has 1 amide bonds. The van der Waals surface area contributed by atoms with Crippen molar-refractivity contribution < 1.29 is 9.53 Å². The summed E-state index contributed by atoms with van der Waals surface area (Å²) in [5, 5.41) is 7.41. The number of hydrogen-bond donors (Lipinski definition) is 1. The molecule has 0 saturated carbocycles. The maximum Gasteiger partial charge on any atom is 0.255 e. The molecule has 0 radical (unpaired) electrons. The molecule has 0 aliphatic heterocycles. The summed E-state index contributed by atoms with van der Waals surface area (Å²) in [5.74, 6) is 0.632. The fourth-order valence-corrected chi connectivity index (χ4v) is 3.32. The second-order valence-electron chi connectivity index (χ2n) is 7.04. The van der Waals surface area contributed by atoms with Crippen LogP contribution in [-0.2, 0) is 19.6 Å². The van der Waals surface area contributed by atoms with E-state index in [2.05, 4.69) is 15.4 Å². The molecule has 0 aliphatic rings. The first kappa shape index (κ1) is 20.3. The summed E-state index contributed by atoms with van der Waals surface area (Å²) in [4.78, 5) is 17.0. The van der Waals surface area contributed by atoms with Gasteiger partial charge < -0.3 is 10.1 Å². The molecule has 2 aromatic heterocycles. The molecule has 0 bridgehead atoms. The number of benzene rings is 2. The third-order valence-corrected chi connectivity index (χ3v) is 4.94. The summed E-state index contributed by atoms with van der Waals surface area (Å²) in [6.07, 6.45) is 4.09. The average molecular weight is 412 g/mol. The van der Waals surface area contributed by atoms with E-state index in [0.717, 1.165) is 28.4 Å². The van der Waals surface area contributed by atoms with Crippen LogP contribution in [-0.4, -0.2) is 20.7 Å². The van der Waals surface area contributed by atoms with E-state index in [9.17, 15) is 4.79 Å². The number of amides is 1. The first-order valence-electron chi connectivity index (χ1n) is 10.3. The molecule has 6 nitrogen and oxygen atoms in total. The van der Waals surface area contributed by atoms with Gasteiger partial charge in [-0.2, -0.15) is 5.10 Å². The number of nitrogens with one attached hydrogen (secondary N) is 1. The SMILES string of the molecule is CCc1c(C(=O)NCc2ccc(OCc3ccccn3)cc2)cnn1-c1ccccc1. The third-order valence-electron chi connectivity index (χ3n) is 4.94. The van der Waals surface area contributed by atoms with Crippen LogP contribution in [0.3, 0.4) is 0 Å². The second kappa shape index (κ2) is 9.71. The molecule has 0 atom stereocenters. The Morgan fingerprint density at radius 3 is 2.48 bits per heavy atom. The number of pyridine rings is 1. The van der Waals surface area contributed by atoms with Crippen LogP contribution >= 0.6 is 0 Å². The number of ether oxygens (including phenoxy) is 1. The van der Waals surface area contributed by atoms with E-state index in [0.29, 0.717) is 25.1 Å². The smallest absolute Gasteiger partial charge is 0.255 e. The molecule has 0 unspecified atom stereocenters. The summed E-state index contributed by atoms with van der Waals surface area (Å²) in [5.41, 5.74) is 4.30. The van der Waals surface area contributed by atoms with Gasteiger partial charge in [-0.3, -0.25) is 9.78 Å². The van der Waals surface area contributed by atoms with Gasteiger partial charge in [-0.25, -0.2) is 4.68 Å². The standard InChI is InChI=1S/C25H24N4O2/c1-2-24-23(17-28-29(24)21-9-4-3-5-10-21)25(30)27-16-19-11-13-22(14-12-19)31-18-20-8-6-7-15-26-20/h3-15,17H,2,16,18H2,1H3,(H,27,30). The van der Waals surface area contributed by atoms with E-state index in [-0.39, 0.29) is 5.91 Å². The van der Waals surface area contributed by atoms with Gasteiger partial charge in [0.2, 0.25) is 0 Å². The molecule has 2 heterocycles. The zero-order valence-corrected chi connectivity index (χ0v) is 17.4. The highest BCUT2D eigenvalue weighted by atomic mass is 16.5. The number of hydrogen-bond acceptors (Lipinski definition) is 4. The highest BCUT2D eigenvalue weighted by molar-refractivity contribution is 5.95. The van der Waals surface area contributed by atoms with Crippen LogP contribution in [0.4, 0.5) is 0 Å². The van der Waals surface area contributed by atoms with Crippen LogP contribution in [0.15, 0.2) is 85.2 Å². The monoisotopic (exact) mass is 412 g/mol. The molecule has 4 aromatic rings. The average Bonchev–Trinajstić information content (AvgIpc) is 3.27. The zero-order chi connectivity index (χ0) is 21.5. The topological polar surface area (TPSA) is 69.0 Å². The molecular formula is C25H24N4O2. The molecule has 2 aromatic carbocycles. The number of carbonyl (C=O) groups is 1. The van der Waals surface area contributed by atoms with Gasteiger partial charge in [0.1, 0.15) is 12.4 Å². The Bertz CT molecular complexity index is 1120. The van der Waals surface area contributed by atoms with E-state index < -0.39 is 0 Å². The maximum atomic E-state index is 12.8. The van der Waals surface area contributed by atoms with Crippen LogP contribution in [0, 0.1) is 0 Å². The van der Waals surface area contributed by atoms with Gasteiger partial charge in [0, 0.05) is 12.7 Å². The van der Waals surface area contributed by atoms with Crippen molar-refractivity contribution in [1.82, 2.24) is 20.1 Å². The lowest BCUT2D eigenvalue weighted by molar-refractivity contribution is 0.0950. The Hall–Kier alpha value is -3.93. The van der Waals surface area contributed by atoms with Crippen molar-refractivity contribution in [3.05, 3.63) is 108 Å². The number of para-hydroxylation sites is 1. The fraction of sp³-hybridized carbons (Fsp3) is 0.160. The van der Waals surface area contributed by atoms with Crippen molar-refractivity contribution in [2.75, 3.05) is 0 Å². The highest BCUT2D eigenvalue weighted by Gasteiger charge is 2.16. The first-order chi connectivity index (χ1) is 15.2. The van der Waals surface area contributed by atoms with Crippen LogP contribution in [0.1, 0.15) is 34.2 Å². The number of nitrogens with zero attached hydrogens (tertiary/aromatic N) is 3.